The molecule has 0 bridgehead atoms. The second kappa shape index (κ2) is 7.79. The number of fused-ring (bicyclic) bond motifs is 2. The summed E-state index contributed by atoms with van der Waals surface area (Å²) in [5, 5.41) is 7.76. The topological polar surface area (TPSA) is 67.2 Å². The van der Waals surface area contributed by atoms with E-state index in [2.05, 4.69) is 53.4 Å². The van der Waals surface area contributed by atoms with Crippen LogP contribution in [0.3, 0.4) is 0 Å². The molecule has 1 aliphatic rings. The number of hydrogen-bond acceptors (Lipinski definition) is 4. The van der Waals surface area contributed by atoms with Gasteiger partial charge in [0, 0.05) is 30.6 Å². The van der Waals surface area contributed by atoms with Crippen LogP contribution in [0.5, 0.6) is 0 Å². The molecule has 1 N–H and O–H groups in total. The predicted molar refractivity (Wildman–Crippen MR) is 114 cm³/mol. The van der Waals surface area contributed by atoms with Gasteiger partial charge in [-0.15, -0.1) is 0 Å². The summed E-state index contributed by atoms with van der Waals surface area (Å²) in [6.07, 6.45) is 2.30. The van der Waals surface area contributed by atoms with E-state index in [1.165, 1.54) is 17.3 Å². The molecule has 0 atom stereocenters. The second-order valence-electron chi connectivity index (χ2n) is 8.21. The Morgan fingerprint density at radius 2 is 1.83 bits per heavy atom. The van der Waals surface area contributed by atoms with E-state index in [1.54, 1.807) is 10.7 Å². The van der Waals surface area contributed by atoms with Crippen LogP contribution in [0.25, 0.3) is 10.9 Å². The minimum atomic E-state index is -0.164. The smallest absolute Gasteiger partial charge is 0.241 e. The Balaban J connectivity index is 1.41. The Hall–Kier alpha value is -2.99. The molecule has 0 aliphatic carbocycles. The molecule has 1 amide bonds. The van der Waals surface area contributed by atoms with Crippen LogP contribution in [0.4, 0.5) is 0 Å². The van der Waals surface area contributed by atoms with Gasteiger partial charge in [0.25, 0.3) is 0 Å². The summed E-state index contributed by atoms with van der Waals surface area (Å²) < 4.78 is 1.58. The minimum absolute atomic E-state index is 0.0830. The largest absolute Gasteiger partial charge is 0.353 e. The Morgan fingerprint density at radius 1 is 1.10 bits per heavy atom. The van der Waals surface area contributed by atoms with Crippen molar-refractivity contribution in [2.45, 2.75) is 38.9 Å². The molecule has 6 heteroatoms. The molecule has 0 spiro atoms. The van der Waals surface area contributed by atoms with Gasteiger partial charge in [0.2, 0.25) is 11.3 Å². The Bertz CT molecular complexity index is 1100. The Morgan fingerprint density at radius 3 is 2.66 bits per heavy atom. The van der Waals surface area contributed by atoms with E-state index >= 15 is 0 Å². The average molecular weight is 390 g/mol. The standard InChI is InChI=1S/C23H26N4O2/c1-23(2,26-12-11-17-7-3-4-8-18(17)14-26)16-24-22(29)15-27-20-10-6-5-9-19(20)21(28)13-25-27/h3-10,13H,11-12,14-16H2,1-2H3,(H,24,29). The zero-order valence-electron chi connectivity index (χ0n) is 16.9. The number of nitrogens with one attached hydrogen (secondary N) is 1. The van der Waals surface area contributed by atoms with Crippen LogP contribution >= 0.6 is 0 Å². The number of amides is 1. The fraction of sp³-hybridized carbons (Fsp3) is 0.348. The van der Waals surface area contributed by atoms with Crippen molar-refractivity contribution in [3.05, 3.63) is 76.1 Å². The molecule has 6 nitrogen and oxygen atoms in total. The van der Waals surface area contributed by atoms with Gasteiger partial charge in [-0.3, -0.25) is 19.2 Å². The maximum Gasteiger partial charge on any atom is 0.241 e. The van der Waals surface area contributed by atoms with Crippen LogP contribution in [-0.4, -0.2) is 39.2 Å². The molecule has 0 radical (unpaired) electrons. The summed E-state index contributed by atoms with van der Waals surface area (Å²) in [5.74, 6) is -0.114. The van der Waals surface area contributed by atoms with E-state index in [0.29, 0.717) is 17.4 Å². The summed E-state index contributed by atoms with van der Waals surface area (Å²) in [6.45, 7) is 6.82. The van der Waals surface area contributed by atoms with E-state index in [0.717, 1.165) is 19.5 Å². The van der Waals surface area contributed by atoms with Gasteiger partial charge in [0.15, 0.2) is 0 Å². The van der Waals surface area contributed by atoms with Crippen LogP contribution < -0.4 is 10.7 Å². The fourth-order valence-electron chi connectivity index (χ4n) is 3.92. The lowest BCUT2D eigenvalue weighted by molar-refractivity contribution is -0.122. The first kappa shape index (κ1) is 19.3. The van der Waals surface area contributed by atoms with Crippen molar-refractivity contribution in [2.75, 3.05) is 13.1 Å². The normalized spacial score (nSPS) is 14.6. The molecule has 150 valence electrons. The van der Waals surface area contributed by atoms with Gasteiger partial charge < -0.3 is 5.32 Å². The molecule has 2 aromatic carbocycles. The van der Waals surface area contributed by atoms with Crippen molar-refractivity contribution in [2.24, 2.45) is 0 Å². The lowest BCUT2D eigenvalue weighted by atomic mass is 9.94. The van der Waals surface area contributed by atoms with Crippen molar-refractivity contribution in [3.63, 3.8) is 0 Å². The zero-order valence-corrected chi connectivity index (χ0v) is 16.9. The van der Waals surface area contributed by atoms with E-state index < -0.39 is 0 Å². The first-order chi connectivity index (χ1) is 13.9. The molecule has 0 saturated heterocycles. The van der Waals surface area contributed by atoms with E-state index in [-0.39, 0.29) is 23.4 Å². The van der Waals surface area contributed by atoms with E-state index in [9.17, 15) is 9.59 Å². The highest BCUT2D eigenvalue weighted by atomic mass is 16.2. The average Bonchev–Trinajstić information content (AvgIpc) is 2.74. The highest BCUT2D eigenvalue weighted by Crippen LogP contribution is 2.24. The lowest BCUT2D eigenvalue weighted by Crippen LogP contribution is -2.53. The molecular formula is C23H26N4O2. The highest BCUT2D eigenvalue weighted by Gasteiger charge is 2.30. The molecule has 2 heterocycles. The fourth-order valence-corrected chi connectivity index (χ4v) is 3.92. The summed E-state index contributed by atoms with van der Waals surface area (Å²) in [5.41, 5.74) is 3.15. The Labute approximate surface area is 170 Å². The first-order valence-electron chi connectivity index (χ1n) is 9.97. The number of para-hydroxylation sites is 1. The molecule has 4 rings (SSSR count). The van der Waals surface area contributed by atoms with E-state index in [4.69, 9.17) is 0 Å². The number of carbonyl (C=O) groups excluding carboxylic acids is 1. The monoisotopic (exact) mass is 390 g/mol. The van der Waals surface area contributed by atoms with Crippen LogP contribution in [0.2, 0.25) is 0 Å². The van der Waals surface area contributed by atoms with Crippen molar-refractivity contribution in [1.29, 1.82) is 0 Å². The number of hydrogen-bond donors (Lipinski definition) is 1. The van der Waals surface area contributed by atoms with Crippen molar-refractivity contribution in [3.8, 4) is 0 Å². The van der Waals surface area contributed by atoms with Crippen molar-refractivity contribution < 1.29 is 4.79 Å². The third-order valence-corrected chi connectivity index (χ3v) is 5.76. The molecular weight excluding hydrogens is 364 g/mol. The van der Waals surface area contributed by atoms with Gasteiger partial charge in [0.05, 0.1) is 11.7 Å². The zero-order chi connectivity index (χ0) is 20.4. The third kappa shape index (κ3) is 4.07. The maximum atomic E-state index is 12.6. The van der Waals surface area contributed by atoms with Crippen LogP contribution in [-0.2, 0) is 24.3 Å². The van der Waals surface area contributed by atoms with E-state index in [1.807, 2.05) is 18.2 Å². The van der Waals surface area contributed by atoms with Crippen LogP contribution in [0.15, 0.2) is 59.5 Å². The predicted octanol–water partition coefficient (Wildman–Crippen LogP) is 2.35. The molecule has 29 heavy (non-hydrogen) atoms. The van der Waals surface area contributed by atoms with Gasteiger partial charge in [-0.1, -0.05) is 36.4 Å². The summed E-state index contributed by atoms with van der Waals surface area (Å²) in [7, 11) is 0. The number of nitrogens with zero attached hydrogens (tertiary/aromatic N) is 3. The SMILES string of the molecule is CC(C)(CNC(=O)Cn1ncc(=O)c2ccccc21)N1CCc2ccccc2C1. The summed E-state index contributed by atoms with van der Waals surface area (Å²) in [4.78, 5) is 27.0. The molecule has 1 aliphatic heterocycles. The van der Waals surface area contributed by atoms with Crippen molar-refractivity contribution >= 4 is 16.8 Å². The molecule has 0 saturated carbocycles. The number of benzene rings is 2. The van der Waals surface area contributed by atoms with Gasteiger partial charge in [-0.05, 0) is 43.5 Å². The quantitative estimate of drug-likeness (QED) is 0.726. The van der Waals surface area contributed by atoms with Crippen LogP contribution in [0, 0.1) is 0 Å². The van der Waals surface area contributed by atoms with Gasteiger partial charge in [-0.2, -0.15) is 5.10 Å². The van der Waals surface area contributed by atoms with Gasteiger partial charge in [-0.25, -0.2) is 0 Å². The van der Waals surface area contributed by atoms with Gasteiger partial charge in [0.1, 0.15) is 6.54 Å². The molecule has 0 unspecified atom stereocenters. The lowest BCUT2D eigenvalue weighted by Gasteiger charge is -2.41. The molecule has 1 aromatic heterocycles. The second-order valence-corrected chi connectivity index (χ2v) is 8.21. The maximum absolute atomic E-state index is 12.6. The summed E-state index contributed by atoms with van der Waals surface area (Å²) >= 11 is 0. The minimum Gasteiger partial charge on any atom is -0.353 e. The van der Waals surface area contributed by atoms with Gasteiger partial charge >= 0.3 is 0 Å². The summed E-state index contributed by atoms with van der Waals surface area (Å²) in [6, 6.07) is 15.8. The molecule has 3 aromatic rings. The highest BCUT2D eigenvalue weighted by molar-refractivity contribution is 5.81. The van der Waals surface area contributed by atoms with Crippen LogP contribution in [0.1, 0.15) is 25.0 Å². The Kier molecular flexibility index (Phi) is 5.20. The number of rotatable bonds is 5. The van der Waals surface area contributed by atoms with Crippen molar-refractivity contribution in [1.82, 2.24) is 20.0 Å². The third-order valence-electron chi connectivity index (χ3n) is 5.76. The number of aromatic nitrogens is 2. The number of carbonyl (C=O) groups is 1. The molecule has 0 fully saturated rings. The first-order valence-corrected chi connectivity index (χ1v) is 9.97.